The largest absolute Gasteiger partial charge is 0.389 e. The second-order valence-electron chi connectivity index (χ2n) is 5.51. The van der Waals surface area contributed by atoms with Gasteiger partial charge in [0.25, 0.3) is 0 Å². The number of aromatic nitrogens is 1. The van der Waals surface area contributed by atoms with Gasteiger partial charge in [0.1, 0.15) is 0 Å². The Bertz CT molecular complexity index is 381. The predicted octanol–water partition coefficient (Wildman–Crippen LogP) is 1.61. The maximum Gasteiger partial charge on any atom is 0.0730 e. The second kappa shape index (κ2) is 4.39. The number of hydrogen-bond acceptors (Lipinski definition) is 3. The van der Waals surface area contributed by atoms with Crippen molar-refractivity contribution in [1.29, 1.82) is 0 Å². The molecule has 0 spiro atoms. The van der Waals surface area contributed by atoms with Gasteiger partial charge in [-0.1, -0.05) is 6.07 Å². The first-order chi connectivity index (χ1) is 8.25. The van der Waals surface area contributed by atoms with Gasteiger partial charge in [-0.3, -0.25) is 4.98 Å². The van der Waals surface area contributed by atoms with Crippen LogP contribution in [-0.4, -0.2) is 39.7 Å². The Hall–Kier alpha value is -0.930. The van der Waals surface area contributed by atoms with E-state index in [-0.39, 0.29) is 0 Å². The van der Waals surface area contributed by atoms with Crippen LogP contribution in [0.3, 0.4) is 0 Å². The molecular weight excluding hydrogens is 212 g/mol. The minimum atomic E-state index is -0.528. The van der Waals surface area contributed by atoms with E-state index in [1.165, 1.54) is 19.4 Å². The summed E-state index contributed by atoms with van der Waals surface area (Å²) in [4.78, 5) is 6.86. The molecule has 2 aliphatic rings. The van der Waals surface area contributed by atoms with Gasteiger partial charge in [0.2, 0.25) is 0 Å². The monoisotopic (exact) mass is 232 g/mol. The summed E-state index contributed by atoms with van der Waals surface area (Å²) in [5.74, 6) is 0. The van der Waals surface area contributed by atoms with Gasteiger partial charge in [-0.25, -0.2) is 0 Å². The van der Waals surface area contributed by atoms with Crippen molar-refractivity contribution in [2.75, 3.05) is 13.1 Å². The molecule has 2 aliphatic heterocycles. The van der Waals surface area contributed by atoms with E-state index in [2.05, 4.69) is 9.88 Å². The highest BCUT2D eigenvalue weighted by Gasteiger charge is 2.40. The van der Waals surface area contributed by atoms with Crippen molar-refractivity contribution in [3.63, 3.8) is 0 Å². The molecule has 0 aromatic carbocycles. The van der Waals surface area contributed by atoms with E-state index in [4.69, 9.17) is 0 Å². The molecule has 0 aliphatic carbocycles. The third-order valence-corrected chi connectivity index (χ3v) is 4.22. The molecule has 2 saturated heterocycles. The Balaban J connectivity index is 1.70. The number of pyridine rings is 1. The summed E-state index contributed by atoms with van der Waals surface area (Å²) in [6.07, 6.45) is 6.88. The molecule has 3 rings (SSSR count). The van der Waals surface area contributed by atoms with Crippen molar-refractivity contribution < 1.29 is 5.11 Å². The summed E-state index contributed by atoms with van der Waals surface area (Å²) in [5.41, 5.74) is 0.487. The lowest BCUT2D eigenvalue weighted by Crippen LogP contribution is -2.48. The van der Waals surface area contributed by atoms with E-state index in [0.29, 0.717) is 12.5 Å². The van der Waals surface area contributed by atoms with Crippen LogP contribution in [0.1, 0.15) is 31.4 Å². The van der Waals surface area contributed by atoms with E-state index in [1.54, 1.807) is 0 Å². The van der Waals surface area contributed by atoms with Crippen LogP contribution in [0, 0.1) is 0 Å². The Morgan fingerprint density at radius 3 is 3.18 bits per heavy atom. The van der Waals surface area contributed by atoms with Crippen LogP contribution >= 0.6 is 0 Å². The van der Waals surface area contributed by atoms with Crippen LogP contribution in [0.2, 0.25) is 0 Å². The standard InChI is InChI=1S/C14H20N2O/c17-14(10-12-4-1-2-7-15-12)6-9-16-8-3-5-13(16)11-14/h1-2,4,7,13,17H,3,5-6,8-11H2. The lowest BCUT2D eigenvalue weighted by Gasteiger charge is -2.40. The first-order valence-corrected chi connectivity index (χ1v) is 6.62. The maximum absolute atomic E-state index is 10.7. The van der Waals surface area contributed by atoms with Crippen molar-refractivity contribution in [1.82, 2.24) is 9.88 Å². The van der Waals surface area contributed by atoms with Crippen molar-refractivity contribution >= 4 is 0 Å². The molecule has 92 valence electrons. The van der Waals surface area contributed by atoms with E-state index >= 15 is 0 Å². The third kappa shape index (κ3) is 2.35. The van der Waals surface area contributed by atoms with E-state index < -0.39 is 5.60 Å². The molecule has 0 amide bonds. The average molecular weight is 232 g/mol. The molecule has 3 heterocycles. The summed E-state index contributed by atoms with van der Waals surface area (Å²) >= 11 is 0. The maximum atomic E-state index is 10.7. The Kier molecular flexibility index (Phi) is 2.89. The number of nitrogens with zero attached hydrogens (tertiary/aromatic N) is 2. The van der Waals surface area contributed by atoms with E-state index in [9.17, 15) is 5.11 Å². The van der Waals surface area contributed by atoms with Crippen LogP contribution in [-0.2, 0) is 6.42 Å². The smallest absolute Gasteiger partial charge is 0.0730 e. The first-order valence-electron chi connectivity index (χ1n) is 6.62. The molecule has 1 aromatic rings. The highest BCUT2D eigenvalue weighted by molar-refractivity contribution is 5.09. The van der Waals surface area contributed by atoms with Gasteiger partial charge in [-0.2, -0.15) is 0 Å². The average Bonchev–Trinajstić information content (AvgIpc) is 2.76. The van der Waals surface area contributed by atoms with Gasteiger partial charge in [0.05, 0.1) is 5.60 Å². The predicted molar refractivity (Wildman–Crippen MR) is 66.7 cm³/mol. The zero-order valence-electron chi connectivity index (χ0n) is 10.2. The van der Waals surface area contributed by atoms with Crippen molar-refractivity contribution in [3.8, 4) is 0 Å². The number of hydrogen-bond donors (Lipinski definition) is 1. The van der Waals surface area contributed by atoms with E-state index in [1.807, 2.05) is 24.4 Å². The van der Waals surface area contributed by atoms with Gasteiger partial charge in [0, 0.05) is 30.9 Å². The normalized spacial score (nSPS) is 33.6. The van der Waals surface area contributed by atoms with Crippen LogP contribution in [0.4, 0.5) is 0 Å². The third-order valence-electron chi connectivity index (χ3n) is 4.22. The molecule has 1 N–H and O–H groups in total. The SMILES string of the molecule is OC1(Cc2ccccn2)CCN2CCCC2C1. The van der Waals surface area contributed by atoms with Gasteiger partial charge in [-0.15, -0.1) is 0 Å². The lowest BCUT2D eigenvalue weighted by atomic mass is 9.83. The summed E-state index contributed by atoms with van der Waals surface area (Å²) in [6, 6.07) is 6.54. The molecular formula is C14H20N2O. The van der Waals surface area contributed by atoms with Crippen LogP contribution in [0.15, 0.2) is 24.4 Å². The van der Waals surface area contributed by atoms with Crippen molar-refractivity contribution in [2.45, 2.75) is 43.7 Å². The Morgan fingerprint density at radius 1 is 1.41 bits per heavy atom. The Labute approximate surface area is 102 Å². The van der Waals surface area contributed by atoms with Crippen LogP contribution < -0.4 is 0 Å². The molecule has 2 fully saturated rings. The second-order valence-corrected chi connectivity index (χ2v) is 5.51. The summed E-state index contributed by atoms with van der Waals surface area (Å²) in [7, 11) is 0. The molecule has 2 atom stereocenters. The summed E-state index contributed by atoms with van der Waals surface area (Å²) < 4.78 is 0. The van der Waals surface area contributed by atoms with Crippen molar-refractivity contribution in [2.24, 2.45) is 0 Å². The van der Waals surface area contributed by atoms with Crippen LogP contribution in [0.5, 0.6) is 0 Å². The molecule has 0 radical (unpaired) electrons. The molecule has 2 unspecified atom stereocenters. The fourth-order valence-electron chi connectivity index (χ4n) is 3.31. The van der Waals surface area contributed by atoms with Gasteiger partial charge >= 0.3 is 0 Å². The highest BCUT2D eigenvalue weighted by atomic mass is 16.3. The van der Waals surface area contributed by atoms with Crippen LogP contribution in [0.25, 0.3) is 0 Å². The molecule has 0 bridgehead atoms. The number of rotatable bonds is 2. The highest BCUT2D eigenvalue weighted by Crippen LogP contribution is 2.34. The minimum Gasteiger partial charge on any atom is -0.389 e. The van der Waals surface area contributed by atoms with Gasteiger partial charge in [0.15, 0.2) is 0 Å². The molecule has 3 heteroatoms. The summed E-state index contributed by atoms with van der Waals surface area (Å²) in [5, 5.41) is 10.7. The molecule has 17 heavy (non-hydrogen) atoms. The molecule has 1 aromatic heterocycles. The molecule has 3 nitrogen and oxygen atoms in total. The topological polar surface area (TPSA) is 36.4 Å². The zero-order valence-corrected chi connectivity index (χ0v) is 10.2. The minimum absolute atomic E-state index is 0.528. The van der Waals surface area contributed by atoms with Crippen molar-refractivity contribution in [3.05, 3.63) is 30.1 Å². The fraction of sp³-hybridized carbons (Fsp3) is 0.643. The quantitative estimate of drug-likeness (QED) is 0.841. The Morgan fingerprint density at radius 2 is 2.35 bits per heavy atom. The number of fused-ring (bicyclic) bond motifs is 1. The number of aliphatic hydroxyl groups is 1. The van der Waals surface area contributed by atoms with E-state index in [0.717, 1.165) is 25.1 Å². The first kappa shape index (κ1) is 11.2. The molecule has 0 saturated carbocycles. The van der Waals surface area contributed by atoms with Gasteiger partial charge in [-0.05, 0) is 44.4 Å². The number of piperidine rings is 1. The van der Waals surface area contributed by atoms with Gasteiger partial charge < -0.3 is 10.0 Å². The fourth-order valence-corrected chi connectivity index (χ4v) is 3.31. The zero-order chi connectivity index (χ0) is 11.7. The summed E-state index contributed by atoms with van der Waals surface area (Å²) in [6.45, 7) is 2.28. The lowest BCUT2D eigenvalue weighted by molar-refractivity contribution is -0.0360.